The maximum absolute atomic E-state index is 11.8. The second-order valence-corrected chi connectivity index (χ2v) is 6.02. The number of piperazine rings is 1. The smallest absolute Gasteiger partial charge is 0.325 e. The SMILES string of the molecule is CCN1CCN(C2CCC(N)(C(=O)OC)C2)CC1C. The molecular weight excluding hydrogens is 242 g/mol. The summed E-state index contributed by atoms with van der Waals surface area (Å²) in [6, 6.07) is 1.02. The first-order chi connectivity index (χ1) is 9.00. The molecule has 2 rings (SSSR count). The Balaban J connectivity index is 1.93. The summed E-state index contributed by atoms with van der Waals surface area (Å²) in [4.78, 5) is 16.8. The predicted molar refractivity (Wildman–Crippen MR) is 74.9 cm³/mol. The van der Waals surface area contributed by atoms with Gasteiger partial charge in [-0.15, -0.1) is 0 Å². The van der Waals surface area contributed by atoms with Gasteiger partial charge >= 0.3 is 5.97 Å². The number of esters is 1. The number of ether oxygens (including phenoxy) is 1. The van der Waals surface area contributed by atoms with E-state index in [1.807, 2.05) is 0 Å². The van der Waals surface area contributed by atoms with Crippen molar-refractivity contribution in [3.05, 3.63) is 0 Å². The monoisotopic (exact) mass is 269 g/mol. The number of nitrogens with two attached hydrogens (primary N) is 1. The van der Waals surface area contributed by atoms with Crippen molar-refractivity contribution in [1.82, 2.24) is 9.80 Å². The lowest BCUT2D eigenvalue weighted by Crippen LogP contribution is -2.55. The van der Waals surface area contributed by atoms with E-state index in [9.17, 15) is 4.79 Å². The van der Waals surface area contributed by atoms with E-state index < -0.39 is 5.54 Å². The fourth-order valence-electron chi connectivity index (χ4n) is 3.57. The standard InChI is InChI=1S/C14H27N3O2/c1-4-16-7-8-17(10-11(16)2)12-5-6-14(15,9-12)13(18)19-3/h11-12H,4-10,15H2,1-3H3. The Hall–Kier alpha value is -0.650. The van der Waals surface area contributed by atoms with Gasteiger partial charge in [0.1, 0.15) is 5.54 Å². The normalized spacial score (nSPS) is 37.5. The van der Waals surface area contributed by atoms with Gasteiger partial charge in [0.2, 0.25) is 0 Å². The second kappa shape index (κ2) is 5.77. The minimum Gasteiger partial charge on any atom is -0.468 e. The van der Waals surface area contributed by atoms with Crippen LogP contribution in [-0.2, 0) is 9.53 Å². The average Bonchev–Trinajstić information content (AvgIpc) is 2.81. The summed E-state index contributed by atoms with van der Waals surface area (Å²) in [6.45, 7) is 8.88. The number of rotatable bonds is 3. The highest BCUT2D eigenvalue weighted by Crippen LogP contribution is 2.33. The van der Waals surface area contributed by atoms with Crippen molar-refractivity contribution in [2.75, 3.05) is 33.3 Å². The van der Waals surface area contributed by atoms with E-state index in [1.54, 1.807) is 0 Å². The lowest BCUT2D eigenvalue weighted by atomic mass is 9.98. The van der Waals surface area contributed by atoms with E-state index in [1.165, 1.54) is 7.11 Å². The Morgan fingerprint density at radius 3 is 2.79 bits per heavy atom. The van der Waals surface area contributed by atoms with E-state index in [-0.39, 0.29) is 5.97 Å². The van der Waals surface area contributed by atoms with Gasteiger partial charge in [0.15, 0.2) is 0 Å². The molecule has 0 bridgehead atoms. The van der Waals surface area contributed by atoms with Crippen LogP contribution in [0.5, 0.6) is 0 Å². The summed E-state index contributed by atoms with van der Waals surface area (Å²) in [5.41, 5.74) is 5.43. The molecule has 0 aromatic rings. The van der Waals surface area contributed by atoms with Crippen LogP contribution in [0.2, 0.25) is 0 Å². The number of methoxy groups -OCH3 is 1. The van der Waals surface area contributed by atoms with Crippen LogP contribution in [0.1, 0.15) is 33.1 Å². The third-order valence-electron chi connectivity index (χ3n) is 4.83. The number of hydrogen-bond donors (Lipinski definition) is 1. The van der Waals surface area contributed by atoms with Crippen molar-refractivity contribution in [3.63, 3.8) is 0 Å². The molecule has 3 unspecified atom stereocenters. The number of carbonyl (C=O) groups excluding carboxylic acids is 1. The summed E-state index contributed by atoms with van der Waals surface area (Å²) in [5, 5.41) is 0. The largest absolute Gasteiger partial charge is 0.468 e. The molecule has 1 aliphatic heterocycles. The zero-order chi connectivity index (χ0) is 14.0. The van der Waals surface area contributed by atoms with Crippen LogP contribution in [0.4, 0.5) is 0 Å². The molecule has 0 spiro atoms. The lowest BCUT2D eigenvalue weighted by molar-refractivity contribution is -0.147. The Morgan fingerprint density at radius 1 is 1.47 bits per heavy atom. The summed E-state index contributed by atoms with van der Waals surface area (Å²) < 4.78 is 4.84. The van der Waals surface area contributed by atoms with Gasteiger partial charge in [-0.2, -0.15) is 0 Å². The van der Waals surface area contributed by atoms with Crippen LogP contribution in [0, 0.1) is 0 Å². The molecule has 19 heavy (non-hydrogen) atoms. The molecule has 5 nitrogen and oxygen atoms in total. The highest BCUT2D eigenvalue weighted by molar-refractivity contribution is 5.81. The molecule has 1 aliphatic carbocycles. The molecule has 2 aliphatic rings. The van der Waals surface area contributed by atoms with E-state index in [0.717, 1.165) is 45.4 Å². The molecule has 0 radical (unpaired) electrons. The van der Waals surface area contributed by atoms with E-state index in [2.05, 4.69) is 23.6 Å². The summed E-state index contributed by atoms with van der Waals surface area (Å²) in [6.07, 6.45) is 2.48. The molecule has 1 saturated carbocycles. The third kappa shape index (κ3) is 2.93. The first-order valence-electron chi connectivity index (χ1n) is 7.35. The minimum absolute atomic E-state index is 0.254. The van der Waals surface area contributed by atoms with Gasteiger partial charge in [-0.1, -0.05) is 6.92 Å². The van der Waals surface area contributed by atoms with Crippen molar-refractivity contribution in [1.29, 1.82) is 0 Å². The summed E-state index contributed by atoms with van der Waals surface area (Å²) >= 11 is 0. The average molecular weight is 269 g/mol. The summed E-state index contributed by atoms with van der Waals surface area (Å²) in [7, 11) is 1.42. The van der Waals surface area contributed by atoms with E-state index in [0.29, 0.717) is 12.1 Å². The van der Waals surface area contributed by atoms with Crippen LogP contribution in [-0.4, -0.2) is 66.7 Å². The van der Waals surface area contributed by atoms with Crippen LogP contribution >= 0.6 is 0 Å². The van der Waals surface area contributed by atoms with Gasteiger partial charge in [-0.3, -0.25) is 14.6 Å². The molecule has 2 fully saturated rings. The van der Waals surface area contributed by atoms with E-state index >= 15 is 0 Å². The zero-order valence-electron chi connectivity index (χ0n) is 12.4. The fourth-order valence-corrected chi connectivity index (χ4v) is 3.57. The molecule has 0 aromatic carbocycles. The van der Waals surface area contributed by atoms with Gasteiger partial charge in [0.25, 0.3) is 0 Å². The van der Waals surface area contributed by atoms with Crippen molar-refractivity contribution in [3.8, 4) is 0 Å². The number of likely N-dealkylation sites (N-methyl/N-ethyl adjacent to an activating group) is 1. The molecule has 5 heteroatoms. The van der Waals surface area contributed by atoms with Gasteiger partial charge < -0.3 is 10.5 Å². The molecular formula is C14H27N3O2. The molecule has 1 heterocycles. The summed E-state index contributed by atoms with van der Waals surface area (Å²) in [5.74, 6) is -0.254. The fraction of sp³-hybridized carbons (Fsp3) is 0.929. The number of hydrogen-bond acceptors (Lipinski definition) is 5. The maximum atomic E-state index is 11.8. The van der Waals surface area contributed by atoms with Crippen LogP contribution in [0.3, 0.4) is 0 Å². The molecule has 3 atom stereocenters. The number of carbonyl (C=O) groups is 1. The maximum Gasteiger partial charge on any atom is 0.325 e. The van der Waals surface area contributed by atoms with E-state index in [4.69, 9.17) is 10.5 Å². The highest BCUT2D eigenvalue weighted by atomic mass is 16.5. The molecule has 0 aromatic heterocycles. The quantitative estimate of drug-likeness (QED) is 0.753. The molecule has 2 N–H and O–H groups in total. The van der Waals surface area contributed by atoms with Crippen LogP contribution < -0.4 is 5.73 Å². The van der Waals surface area contributed by atoms with Crippen LogP contribution in [0.25, 0.3) is 0 Å². The first-order valence-corrected chi connectivity index (χ1v) is 7.35. The van der Waals surface area contributed by atoms with Crippen LogP contribution in [0.15, 0.2) is 0 Å². The Kier molecular flexibility index (Phi) is 4.48. The van der Waals surface area contributed by atoms with Gasteiger partial charge in [0, 0.05) is 31.7 Å². The molecule has 0 amide bonds. The lowest BCUT2D eigenvalue weighted by Gasteiger charge is -2.42. The second-order valence-electron chi connectivity index (χ2n) is 6.02. The molecule has 1 saturated heterocycles. The first kappa shape index (κ1) is 14.8. The highest BCUT2D eigenvalue weighted by Gasteiger charge is 2.45. The van der Waals surface area contributed by atoms with Gasteiger partial charge in [-0.05, 0) is 32.7 Å². The van der Waals surface area contributed by atoms with Crippen molar-refractivity contribution in [2.45, 2.75) is 50.7 Å². The zero-order valence-corrected chi connectivity index (χ0v) is 12.4. The Bertz CT molecular complexity index is 337. The van der Waals surface area contributed by atoms with Crippen molar-refractivity contribution in [2.24, 2.45) is 5.73 Å². The Morgan fingerprint density at radius 2 is 2.21 bits per heavy atom. The third-order valence-corrected chi connectivity index (χ3v) is 4.83. The predicted octanol–water partition coefficient (Wildman–Crippen LogP) is 0.435. The molecule has 110 valence electrons. The van der Waals surface area contributed by atoms with Gasteiger partial charge in [-0.25, -0.2) is 0 Å². The minimum atomic E-state index is -0.759. The van der Waals surface area contributed by atoms with Crippen molar-refractivity contribution < 1.29 is 9.53 Å². The Labute approximate surface area is 116 Å². The topological polar surface area (TPSA) is 58.8 Å². The van der Waals surface area contributed by atoms with Crippen molar-refractivity contribution >= 4 is 5.97 Å². The van der Waals surface area contributed by atoms with Gasteiger partial charge in [0.05, 0.1) is 7.11 Å². The number of nitrogens with zero attached hydrogens (tertiary/aromatic N) is 2.